The van der Waals surface area contributed by atoms with Crippen LogP contribution in [0.4, 0.5) is 15.1 Å². The SMILES string of the molecule is Cc1cc(F)c2c(c1)CCCN2CCC(=O)Nc1sc2c(c1C#N)CCC2. The summed E-state index contributed by atoms with van der Waals surface area (Å²) in [6, 6.07) is 5.85. The molecule has 1 aliphatic carbocycles. The lowest BCUT2D eigenvalue weighted by atomic mass is 9.99. The molecule has 1 aliphatic heterocycles. The molecule has 2 heterocycles. The molecule has 1 aromatic heterocycles. The van der Waals surface area contributed by atoms with E-state index in [0.717, 1.165) is 55.3 Å². The molecule has 1 N–H and O–H groups in total. The third kappa shape index (κ3) is 3.44. The quantitative estimate of drug-likeness (QED) is 0.855. The first kappa shape index (κ1) is 18.0. The zero-order valence-corrected chi connectivity index (χ0v) is 16.2. The minimum Gasteiger partial charge on any atom is -0.368 e. The van der Waals surface area contributed by atoms with E-state index < -0.39 is 0 Å². The number of anilines is 2. The summed E-state index contributed by atoms with van der Waals surface area (Å²) in [4.78, 5) is 15.7. The van der Waals surface area contributed by atoms with E-state index in [1.54, 1.807) is 6.07 Å². The average molecular weight is 383 g/mol. The van der Waals surface area contributed by atoms with Crippen LogP contribution in [0.2, 0.25) is 0 Å². The third-order valence-corrected chi connectivity index (χ3v) is 6.58. The highest BCUT2D eigenvalue weighted by atomic mass is 32.1. The maximum atomic E-state index is 14.5. The average Bonchev–Trinajstić information content (AvgIpc) is 3.19. The largest absolute Gasteiger partial charge is 0.368 e. The lowest BCUT2D eigenvalue weighted by molar-refractivity contribution is -0.116. The highest BCUT2D eigenvalue weighted by Gasteiger charge is 2.24. The molecule has 4 rings (SSSR count). The molecular formula is C21H22FN3OS. The van der Waals surface area contributed by atoms with Crippen LogP contribution in [0.25, 0.3) is 0 Å². The second kappa shape index (κ2) is 7.32. The van der Waals surface area contributed by atoms with Gasteiger partial charge in [0.15, 0.2) is 0 Å². The summed E-state index contributed by atoms with van der Waals surface area (Å²) in [5, 5.41) is 13.0. The molecular weight excluding hydrogens is 361 g/mol. The summed E-state index contributed by atoms with van der Waals surface area (Å²) < 4.78 is 14.5. The Morgan fingerprint density at radius 3 is 3.00 bits per heavy atom. The third-order valence-electron chi connectivity index (χ3n) is 5.37. The van der Waals surface area contributed by atoms with Gasteiger partial charge in [-0.15, -0.1) is 11.3 Å². The number of carbonyl (C=O) groups is 1. The number of aryl methyl sites for hydroxylation is 3. The van der Waals surface area contributed by atoms with Gasteiger partial charge in [-0.1, -0.05) is 6.07 Å². The van der Waals surface area contributed by atoms with Gasteiger partial charge in [-0.3, -0.25) is 4.79 Å². The summed E-state index contributed by atoms with van der Waals surface area (Å²) in [6.07, 6.45) is 5.13. The Morgan fingerprint density at radius 1 is 1.33 bits per heavy atom. The van der Waals surface area contributed by atoms with Gasteiger partial charge < -0.3 is 10.2 Å². The van der Waals surface area contributed by atoms with Crippen molar-refractivity contribution in [2.75, 3.05) is 23.3 Å². The minimum absolute atomic E-state index is 0.119. The lowest BCUT2D eigenvalue weighted by Gasteiger charge is -2.31. The summed E-state index contributed by atoms with van der Waals surface area (Å²) >= 11 is 1.53. The minimum atomic E-state index is -0.202. The van der Waals surface area contributed by atoms with Gasteiger partial charge in [0, 0.05) is 24.4 Å². The number of nitrogens with zero attached hydrogens (tertiary/aromatic N) is 2. The Kier molecular flexibility index (Phi) is 4.88. The highest BCUT2D eigenvalue weighted by molar-refractivity contribution is 7.16. The van der Waals surface area contributed by atoms with Gasteiger partial charge in [0.25, 0.3) is 0 Å². The molecule has 0 bridgehead atoms. The molecule has 6 heteroatoms. The van der Waals surface area contributed by atoms with E-state index in [1.165, 1.54) is 16.2 Å². The number of thiophene rings is 1. The molecule has 0 fully saturated rings. The van der Waals surface area contributed by atoms with Gasteiger partial charge in [-0.2, -0.15) is 5.26 Å². The van der Waals surface area contributed by atoms with Gasteiger partial charge >= 0.3 is 0 Å². The fourth-order valence-corrected chi connectivity index (χ4v) is 5.44. The van der Waals surface area contributed by atoms with Crippen LogP contribution in [0.5, 0.6) is 0 Å². The summed E-state index contributed by atoms with van der Waals surface area (Å²) in [6.45, 7) is 3.14. The number of carbonyl (C=O) groups excluding carboxylic acids is 1. The molecule has 0 spiro atoms. The summed E-state index contributed by atoms with van der Waals surface area (Å²) in [5.74, 6) is -0.322. The molecule has 0 unspecified atom stereocenters. The van der Waals surface area contributed by atoms with Gasteiger partial charge in [0.1, 0.15) is 16.9 Å². The number of halogens is 1. The predicted octanol–water partition coefficient (Wildman–Crippen LogP) is 4.34. The first-order valence-electron chi connectivity index (χ1n) is 9.45. The van der Waals surface area contributed by atoms with Gasteiger partial charge in [-0.25, -0.2) is 4.39 Å². The zero-order chi connectivity index (χ0) is 19.0. The topological polar surface area (TPSA) is 56.1 Å². The first-order valence-corrected chi connectivity index (χ1v) is 10.3. The van der Waals surface area contributed by atoms with E-state index in [0.29, 0.717) is 22.8 Å². The van der Waals surface area contributed by atoms with Crippen molar-refractivity contribution in [1.82, 2.24) is 0 Å². The number of benzene rings is 1. The van der Waals surface area contributed by atoms with Crippen molar-refractivity contribution in [3.8, 4) is 6.07 Å². The second-order valence-electron chi connectivity index (χ2n) is 7.32. The maximum Gasteiger partial charge on any atom is 0.226 e. The Labute approximate surface area is 162 Å². The van der Waals surface area contributed by atoms with Crippen molar-refractivity contribution in [2.45, 2.75) is 45.4 Å². The Balaban J connectivity index is 1.44. The number of nitriles is 1. The highest BCUT2D eigenvalue weighted by Crippen LogP contribution is 2.38. The molecule has 1 amide bonds. The summed E-state index contributed by atoms with van der Waals surface area (Å²) in [7, 11) is 0. The fourth-order valence-electron chi connectivity index (χ4n) is 4.18. The van der Waals surface area contributed by atoms with E-state index in [1.807, 2.05) is 17.9 Å². The zero-order valence-electron chi connectivity index (χ0n) is 15.4. The van der Waals surface area contributed by atoms with E-state index >= 15 is 0 Å². The summed E-state index contributed by atoms with van der Waals surface area (Å²) in [5.41, 5.74) is 4.35. The van der Waals surface area contributed by atoms with Gasteiger partial charge in [-0.05, 0) is 61.8 Å². The molecule has 1 aromatic carbocycles. The van der Waals surface area contributed by atoms with E-state index in [2.05, 4.69) is 11.4 Å². The van der Waals surface area contributed by atoms with Crippen molar-refractivity contribution < 1.29 is 9.18 Å². The number of nitrogens with one attached hydrogen (secondary N) is 1. The Hall–Kier alpha value is -2.39. The number of hydrogen-bond acceptors (Lipinski definition) is 4. The van der Waals surface area contributed by atoms with Crippen molar-refractivity contribution >= 4 is 27.9 Å². The molecule has 0 saturated heterocycles. The van der Waals surface area contributed by atoms with Gasteiger partial charge in [0.2, 0.25) is 5.91 Å². The van der Waals surface area contributed by atoms with Crippen LogP contribution in [0.3, 0.4) is 0 Å². The van der Waals surface area contributed by atoms with Crippen LogP contribution >= 0.6 is 11.3 Å². The van der Waals surface area contributed by atoms with E-state index in [4.69, 9.17) is 0 Å². The number of rotatable bonds is 4. The molecule has 2 aliphatic rings. The van der Waals surface area contributed by atoms with Crippen LogP contribution < -0.4 is 10.2 Å². The van der Waals surface area contributed by atoms with Crippen molar-refractivity contribution in [2.24, 2.45) is 0 Å². The molecule has 140 valence electrons. The Morgan fingerprint density at radius 2 is 2.19 bits per heavy atom. The fraction of sp³-hybridized carbons (Fsp3) is 0.429. The molecule has 4 nitrogen and oxygen atoms in total. The van der Waals surface area contributed by atoms with Crippen LogP contribution in [-0.2, 0) is 24.1 Å². The maximum absolute atomic E-state index is 14.5. The van der Waals surface area contributed by atoms with Gasteiger partial charge in [0.05, 0.1) is 11.3 Å². The van der Waals surface area contributed by atoms with E-state index in [9.17, 15) is 14.4 Å². The smallest absolute Gasteiger partial charge is 0.226 e. The Bertz CT molecular complexity index is 944. The molecule has 27 heavy (non-hydrogen) atoms. The monoisotopic (exact) mass is 383 g/mol. The van der Waals surface area contributed by atoms with Crippen LogP contribution in [-0.4, -0.2) is 19.0 Å². The molecule has 0 saturated carbocycles. The van der Waals surface area contributed by atoms with Crippen molar-refractivity contribution in [1.29, 1.82) is 5.26 Å². The standard InChI is InChI=1S/C21H22FN3OS/c1-13-10-14-4-3-8-25(20(14)17(22)11-13)9-7-19(26)24-21-16(12-23)15-5-2-6-18(15)27-21/h10-11H,2-9H2,1H3,(H,24,26). The van der Waals surface area contributed by atoms with Crippen molar-refractivity contribution in [3.05, 3.63) is 45.1 Å². The van der Waals surface area contributed by atoms with Crippen LogP contribution in [0.15, 0.2) is 12.1 Å². The molecule has 0 radical (unpaired) electrons. The van der Waals surface area contributed by atoms with Crippen LogP contribution in [0, 0.1) is 24.1 Å². The molecule has 0 atom stereocenters. The first-order chi connectivity index (χ1) is 13.1. The van der Waals surface area contributed by atoms with Crippen molar-refractivity contribution in [3.63, 3.8) is 0 Å². The normalized spacial score (nSPS) is 15.2. The number of hydrogen-bond donors (Lipinski definition) is 1. The number of amides is 1. The lowest BCUT2D eigenvalue weighted by Crippen LogP contribution is -2.33. The predicted molar refractivity (Wildman–Crippen MR) is 106 cm³/mol. The van der Waals surface area contributed by atoms with E-state index in [-0.39, 0.29) is 18.1 Å². The molecule has 2 aromatic rings. The number of fused-ring (bicyclic) bond motifs is 2. The van der Waals surface area contributed by atoms with Crippen LogP contribution in [0.1, 0.15) is 46.4 Å². The second-order valence-corrected chi connectivity index (χ2v) is 8.42.